The minimum Gasteiger partial charge on any atom is -0.468 e. The zero-order valence-electron chi connectivity index (χ0n) is 11.4. The highest BCUT2D eigenvalue weighted by atomic mass is 19.4. The second-order valence-electron chi connectivity index (χ2n) is 4.25. The molecule has 5 nitrogen and oxygen atoms in total. The fourth-order valence-corrected chi connectivity index (χ4v) is 1.70. The quantitative estimate of drug-likeness (QED) is 0.671. The first-order valence-corrected chi connectivity index (χ1v) is 5.91. The maximum Gasteiger partial charge on any atom is 0.471 e. The summed E-state index contributed by atoms with van der Waals surface area (Å²) in [6, 6.07) is 1.05. The van der Waals surface area contributed by atoms with Gasteiger partial charge in [-0.15, -0.1) is 0 Å². The van der Waals surface area contributed by atoms with Gasteiger partial charge in [0.2, 0.25) is 0 Å². The molecule has 0 bridgehead atoms. The van der Waals surface area contributed by atoms with Crippen molar-refractivity contribution in [1.29, 1.82) is 0 Å². The molecule has 2 atom stereocenters. The smallest absolute Gasteiger partial charge is 0.468 e. The van der Waals surface area contributed by atoms with Crippen molar-refractivity contribution in [3.63, 3.8) is 0 Å². The molecule has 1 heterocycles. The van der Waals surface area contributed by atoms with Gasteiger partial charge >= 0.3 is 24.2 Å². The van der Waals surface area contributed by atoms with E-state index in [1.54, 1.807) is 0 Å². The Morgan fingerprint density at radius 3 is 2.17 bits per heavy atom. The number of methoxy groups -OCH3 is 1. The summed E-state index contributed by atoms with van der Waals surface area (Å²) < 4.78 is 80.2. The summed E-state index contributed by atoms with van der Waals surface area (Å²) in [6.45, 7) is 0. The zero-order chi connectivity index (χ0) is 17.8. The van der Waals surface area contributed by atoms with Gasteiger partial charge in [-0.3, -0.25) is 14.6 Å². The van der Waals surface area contributed by atoms with Gasteiger partial charge in [0.1, 0.15) is 0 Å². The molecule has 0 fully saturated rings. The first-order chi connectivity index (χ1) is 10.5. The van der Waals surface area contributed by atoms with Crippen LogP contribution in [0.1, 0.15) is 11.7 Å². The molecular formula is C12H10F6N2O3. The van der Waals surface area contributed by atoms with Gasteiger partial charge in [-0.1, -0.05) is 6.07 Å². The molecule has 0 radical (unpaired) electrons. The van der Waals surface area contributed by atoms with Gasteiger partial charge in [0, 0.05) is 6.20 Å². The van der Waals surface area contributed by atoms with E-state index < -0.39 is 41.9 Å². The first kappa shape index (κ1) is 18.7. The van der Waals surface area contributed by atoms with Gasteiger partial charge in [-0.05, 0) is 12.1 Å². The van der Waals surface area contributed by atoms with E-state index in [9.17, 15) is 35.9 Å². The van der Waals surface area contributed by atoms with Crippen LogP contribution < -0.4 is 5.32 Å². The molecule has 0 aliphatic carbocycles. The van der Waals surface area contributed by atoms with Crippen molar-refractivity contribution in [2.45, 2.75) is 18.4 Å². The second-order valence-corrected chi connectivity index (χ2v) is 4.25. The number of pyridine rings is 1. The third-order valence-electron chi connectivity index (χ3n) is 2.69. The van der Waals surface area contributed by atoms with Crippen LogP contribution in [0.3, 0.4) is 0 Å². The normalized spacial score (nSPS) is 14.7. The molecule has 0 spiro atoms. The highest BCUT2D eigenvalue weighted by Crippen LogP contribution is 2.37. The lowest BCUT2D eigenvalue weighted by atomic mass is 9.95. The lowest BCUT2D eigenvalue weighted by Crippen LogP contribution is -2.48. The molecule has 23 heavy (non-hydrogen) atoms. The minimum atomic E-state index is -5.43. The Labute approximate surface area is 125 Å². The third kappa shape index (κ3) is 4.83. The molecule has 1 aromatic heterocycles. The van der Waals surface area contributed by atoms with Crippen molar-refractivity contribution in [2.75, 3.05) is 7.11 Å². The molecule has 11 heteroatoms. The lowest BCUT2D eigenvalue weighted by Gasteiger charge is -2.27. The Hall–Kier alpha value is -2.33. The van der Waals surface area contributed by atoms with E-state index >= 15 is 0 Å². The van der Waals surface area contributed by atoms with Crippen molar-refractivity contribution in [3.05, 3.63) is 30.1 Å². The largest absolute Gasteiger partial charge is 0.471 e. The first-order valence-electron chi connectivity index (χ1n) is 5.91. The maximum atomic E-state index is 13.1. The standard InChI is InChI=1S/C12H10F6N2O3/c1-23-9(21)7(11(13,14)15)8(6-4-2-3-5-19-6)20-10(22)12(16,17)18/h2-5,7-8H,1H3,(H,20,22). The van der Waals surface area contributed by atoms with Crippen LogP contribution in [0.4, 0.5) is 26.3 Å². The summed E-state index contributed by atoms with van der Waals surface area (Å²) in [7, 11) is 0.641. The van der Waals surface area contributed by atoms with E-state index in [1.807, 2.05) is 0 Å². The van der Waals surface area contributed by atoms with Crippen LogP contribution in [-0.2, 0) is 14.3 Å². The minimum absolute atomic E-state index is 0.571. The number of carbonyl (C=O) groups excluding carboxylic acids is 2. The van der Waals surface area contributed by atoms with E-state index in [1.165, 1.54) is 12.1 Å². The van der Waals surface area contributed by atoms with Crippen LogP contribution in [0, 0.1) is 5.92 Å². The van der Waals surface area contributed by atoms with Crippen LogP contribution in [-0.4, -0.2) is 36.3 Å². The van der Waals surface area contributed by atoms with Crippen molar-refractivity contribution in [2.24, 2.45) is 5.92 Å². The topological polar surface area (TPSA) is 68.3 Å². The van der Waals surface area contributed by atoms with E-state index in [0.29, 0.717) is 7.11 Å². The van der Waals surface area contributed by atoms with E-state index in [4.69, 9.17) is 0 Å². The summed E-state index contributed by atoms with van der Waals surface area (Å²) in [4.78, 5) is 25.9. The molecule has 0 aromatic carbocycles. The van der Waals surface area contributed by atoms with Gasteiger partial charge in [0.15, 0.2) is 5.92 Å². The number of hydrogen-bond acceptors (Lipinski definition) is 4. The summed E-state index contributed by atoms with van der Waals surface area (Å²) in [5.41, 5.74) is -0.571. The van der Waals surface area contributed by atoms with Crippen molar-refractivity contribution in [1.82, 2.24) is 10.3 Å². The zero-order valence-corrected chi connectivity index (χ0v) is 11.4. The summed E-state index contributed by atoms with van der Waals surface area (Å²) >= 11 is 0. The Morgan fingerprint density at radius 2 is 1.78 bits per heavy atom. The molecule has 1 aromatic rings. The number of hydrogen-bond donors (Lipinski definition) is 1. The molecule has 0 aliphatic rings. The molecule has 1 amide bonds. The molecule has 1 N–H and O–H groups in total. The van der Waals surface area contributed by atoms with Gasteiger partial charge in [-0.25, -0.2) is 0 Å². The van der Waals surface area contributed by atoms with Gasteiger partial charge < -0.3 is 10.1 Å². The third-order valence-corrected chi connectivity index (χ3v) is 2.69. The highest BCUT2D eigenvalue weighted by molar-refractivity contribution is 5.83. The van der Waals surface area contributed by atoms with Crippen molar-refractivity contribution in [3.8, 4) is 0 Å². The van der Waals surface area contributed by atoms with Gasteiger partial charge in [-0.2, -0.15) is 26.3 Å². The predicted molar refractivity (Wildman–Crippen MR) is 62.7 cm³/mol. The Balaban J connectivity index is 3.32. The average Bonchev–Trinajstić information content (AvgIpc) is 2.44. The fourth-order valence-electron chi connectivity index (χ4n) is 1.70. The summed E-state index contributed by atoms with van der Waals surface area (Å²) in [5.74, 6) is -7.53. The second kappa shape index (κ2) is 6.84. The SMILES string of the molecule is COC(=O)C(C(NC(=O)C(F)(F)F)c1ccccn1)C(F)(F)F. The van der Waals surface area contributed by atoms with E-state index in [-0.39, 0.29) is 0 Å². The average molecular weight is 344 g/mol. The number of rotatable bonds is 4. The number of esters is 1. The van der Waals surface area contributed by atoms with Crippen LogP contribution in [0.25, 0.3) is 0 Å². The summed E-state index contributed by atoms with van der Waals surface area (Å²) in [6.07, 6.45) is -9.69. The molecule has 0 saturated heterocycles. The van der Waals surface area contributed by atoms with Gasteiger partial charge in [0.25, 0.3) is 0 Å². The highest BCUT2D eigenvalue weighted by Gasteiger charge is 2.53. The van der Waals surface area contributed by atoms with Crippen LogP contribution >= 0.6 is 0 Å². The van der Waals surface area contributed by atoms with Gasteiger partial charge in [0.05, 0.1) is 18.8 Å². The number of carbonyl (C=O) groups is 2. The van der Waals surface area contributed by atoms with Crippen molar-refractivity contribution < 1.29 is 40.7 Å². The monoisotopic (exact) mass is 344 g/mol. The molecule has 128 valence electrons. The van der Waals surface area contributed by atoms with Crippen molar-refractivity contribution >= 4 is 11.9 Å². The number of halogens is 6. The number of aromatic nitrogens is 1. The molecule has 0 aliphatic heterocycles. The Bertz CT molecular complexity index is 558. The van der Waals surface area contributed by atoms with E-state index in [2.05, 4.69) is 9.72 Å². The number of amides is 1. The summed E-state index contributed by atoms with van der Waals surface area (Å²) in [5, 5.41) is 1.15. The number of nitrogens with zero attached hydrogens (tertiary/aromatic N) is 1. The van der Waals surface area contributed by atoms with Crippen LogP contribution in [0.15, 0.2) is 24.4 Å². The number of alkyl halides is 6. The number of ether oxygens (including phenoxy) is 1. The van der Waals surface area contributed by atoms with E-state index in [0.717, 1.165) is 17.6 Å². The maximum absolute atomic E-state index is 13.1. The van der Waals surface area contributed by atoms with Crippen LogP contribution in [0.5, 0.6) is 0 Å². The fraction of sp³-hybridized carbons (Fsp3) is 0.417. The number of nitrogens with one attached hydrogen (secondary N) is 1. The van der Waals surface area contributed by atoms with Crippen LogP contribution in [0.2, 0.25) is 0 Å². The predicted octanol–water partition coefficient (Wildman–Crippen LogP) is 2.15. The lowest BCUT2D eigenvalue weighted by molar-refractivity contribution is -0.204. The molecule has 0 saturated carbocycles. The molecule has 1 rings (SSSR count). The molecular weight excluding hydrogens is 334 g/mol. The Morgan fingerprint density at radius 1 is 1.17 bits per heavy atom. The Kier molecular flexibility index (Phi) is 5.56. The molecule has 2 unspecified atom stereocenters.